The van der Waals surface area contributed by atoms with Gasteiger partial charge in [0.05, 0.1) is 23.8 Å². The number of benzene rings is 1. The predicted octanol–water partition coefficient (Wildman–Crippen LogP) is 1.97. The SMILES string of the molecule is CCN(CCCNc1cnn(-c2ccccc2)c(=O)c1Cl)S(C)(=O)=O. The minimum Gasteiger partial charge on any atom is -0.382 e. The third kappa shape index (κ3) is 5.04. The van der Waals surface area contributed by atoms with Gasteiger partial charge >= 0.3 is 0 Å². The number of sulfonamides is 1. The maximum atomic E-state index is 12.3. The van der Waals surface area contributed by atoms with Gasteiger partial charge < -0.3 is 5.32 Å². The molecule has 0 saturated carbocycles. The summed E-state index contributed by atoms with van der Waals surface area (Å²) < 4.78 is 25.7. The fourth-order valence-electron chi connectivity index (χ4n) is 2.35. The molecule has 1 aromatic heterocycles. The van der Waals surface area contributed by atoms with E-state index in [0.717, 1.165) is 0 Å². The second-order valence-corrected chi connectivity index (χ2v) is 7.82. The van der Waals surface area contributed by atoms with Crippen LogP contribution in [0.1, 0.15) is 13.3 Å². The summed E-state index contributed by atoms with van der Waals surface area (Å²) in [6.07, 6.45) is 3.26. The minimum atomic E-state index is -3.20. The third-order valence-electron chi connectivity index (χ3n) is 3.64. The van der Waals surface area contributed by atoms with Crippen molar-refractivity contribution in [1.82, 2.24) is 14.1 Å². The summed E-state index contributed by atoms with van der Waals surface area (Å²) in [7, 11) is -3.20. The van der Waals surface area contributed by atoms with E-state index in [0.29, 0.717) is 37.4 Å². The molecule has 0 aliphatic rings. The molecule has 0 fully saturated rings. The maximum Gasteiger partial charge on any atom is 0.292 e. The van der Waals surface area contributed by atoms with Crippen LogP contribution in [0.5, 0.6) is 0 Å². The predicted molar refractivity (Wildman–Crippen MR) is 100 cm³/mol. The Morgan fingerprint density at radius 1 is 1.28 bits per heavy atom. The maximum absolute atomic E-state index is 12.3. The monoisotopic (exact) mass is 384 g/mol. The summed E-state index contributed by atoms with van der Waals surface area (Å²) in [6, 6.07) is 9.00. The number of hydrogen-bond acceptors (Lipinski definition) is 5. The lowest BCUT2D eigenvalue weighted by atomic mass is 10.3. The lowest BCUT2D eigenvalue weighted by Gasteiger charge is -2.18. The summed E-state index contributed by atoms with van der Waals surface area (Å²) in [6.45, 7) is 3.09. The van der Waals surface area contributed by atoms with Gasteiger partial charge in [-0.05, 0) is 18.6 Å². The Morgan fingerprint density at radius 2 is 1.96 bits per heavy atom. The van der Waals surface area contributed by atoms with Crippen molar-refractivity contribution in [2.24, 2.45) is 0 Å². The van der Waals surface area contributed by atoms with Crippen LogP contribution in [-0.2, 0) is 10.0 Å². The molecule has 0 radical (unpaired) electrons. The zero-order chi connectivity index (χ0) is 18.4. The average molecular weight is 385 g/mol. The van der Waals surface area contributed by atoms with Gasteiger partial charge in [0.2, 0.25) is 10.0 Å². The van der Waals surface area contributed by atoms with Crippen LogP contribution in [-0.4, -0.2) is 48.4 Å². The molecule has 136 valence electrons. The normalized spacial score (nSPS) is 11.7. The highest BCUT2D eigenvalue weighted by atomic mass is 35.5. The minimum absolute atomic E-state index is 0.0503. The zero-order valence-electron chi connectivity index (χ0n) is 14.1. The van der Waals surface area contributed by atoms with E-state index < -0.39 is 15.6 Å². The lowest BCUT2D eigenvalue weighted by molar-refractivity contribution is 0.429. The number of hydrogen-bond donors (Lipinski definition) is 1. The lowest BCUT2D eigenvalue weighted by Crippen LogP contribution is -2.31. The average Bonchev–Trinajstić information content (AvgIpc) is 2.58. The Balaban J connectivity index is 2.02. The summed E-state index contributed by atoms with van der Waals surface area (Å²) in [5.74, 6) is 0. The highest BCUT2D eigenvalue weighted by molar-refractivity contribution is 7.88. The van der Waals surface area contributed by atoms with Crippen LogP contribution in [0, 0.1) is 0 Å². The Morgan fingerprint density at radius 3 is 2.56 bits per heavy atom. The van der Waals surface area contributed by atoms with Crippen molar-refractivity contribution in [2.75, 3.05) is 31.2 Å². The standard InChI is InChI=1S/C16H21ClN4O3S/c1-3-20(25(2,23)24)11-7-10-18-14-12-19-21(16(22)15(14)17)13-8-5-4-6-9-13/h4-6,8-9,12,18H,3,7,10-11H2,1-2H3. The van der Waals surface area contributed by atoms with Crippen molar-refractivity contribution in [3.8, 4) is 5.69 Å². The molecule has 0 saturated heterocycles. The molecule has 0 atom stereocenters. The van der Waals surface area contributed by atoms with Gasteiger partial charge in [0.15, 0.2) is 0 Å². The Hall–Kier alpha value is -1.90. The van der Waals surface area contributed by atoms with Crippen LogP contribution in [0.2, 0.25) is 5.02 Å². The van der Waals surface area contributed by atoms with Crippen molar-refractivity contribution in [3.63, 3.8) is 0 Å². The summed E-state index contributed by atoms with van der Waals surface area (Å²) in [5.41, 5.74) is 0.651. The van der Waals surface area contributed by atoms with E-state index in [2.05, 4.69) is 10.4 Å². The molecule has 0 bridgehead atoms. The number of halogens is 1. The van der Waals surface area contributed by atoms with Crippen molar-refractivity contribution < 1.29 is 8.42 Å². The first kappa shape index (κ1) is 19.4. The first-order valence-corrected chi connectivity index (χ1v) is 10.1. The van der Waals surface area contributed by atoms with Crippen LogP contribution >= 0.6 is 11.6 Å². The van der Waals surface area contributed by atoms with E-state index in [9.17, 15) is 13.2 Å². The van der Waals surface area contributed by atoms with Gasteiger partial charge in [-0.2, -0.15) is 9.78 Å². The van der Waals surface area contributed by atoms with E-state index >= 15 is 0 Å². The molecule has 0 aliphatic heterocycles. The molecule has 2 aromatic rings. The van der Waals surface area contributed by atoms with Crippen molar-refractivity contribution in [1.29, 1.82) is 0 Å². The van der Waals surface area contributed by atoms with E-state index in [-0.39, 0.29) is 5.02 Å². The van der Waals surface area contributed by atoms with E-state index in [4.69, 9.17) is 11.6 Å². The van der Waals surface area contributed by atoms with Crippen LogP contribution < -0.4 is 10.9 Å². The first-order chi connectivity index (χ1) is 11.8. The number of para-hydroxylation sites is 1. The third-order valence-corrected chi connectivity index (χ3v) is 5.39. The highest BCUT2D eigenvalue weighted by Gasteiger charge is 2.14. The Labute approximate surface area is 152 Å². The van der Waals surface area contributed by atoms with Crippen LogP contribution in [0.25, 0.3) is 5.69 Å². The highest BCUT2D eigenvalue weighted by Crippen LogP contribution is 2.16. The summed E-state index contributed by atoms with van der Waals surface area (Å²) in [5, 5.41) is 7.21. The molecule has 1 N–H and O–H groups in total. The summed E-state index contributed by atoms with van der Waals surface area (Å²) >= 11 is 6.15. The topological polar surface area (TPSA) is 84.3 Å². The quantitative estimate of drug-likeness (QED) is 0.703. The smallest absolute Gasteiger partial charge is 0.292 e. The molecule has 9 heteroatoms. The Kier molecular flexibility index (Phi) is 6.57. The molecule has 25 heavy (non-hydrogen) atoms. The van der Waals surface area contributed by atoms with E-state index in [1.165, 1.54) is 21.4 Å². The molecule has 7 nitrogen and oxygen atoms in total. The van der Waals surface area contributed by atoms with Crippen molar-refractivity contribution in [3.05, 3.63) is 51.9 Å². The number of aromatic nitrogens is 2. The van der Waals surface area contributed by atoms with Crippen LogP contribution in [0.4, 0.5) is 5.69 Å². The summed E-state index contributed by atoms with van der Waals surface area (Å²) in [4.78, 5) is 12.3. The zero-order valence-corrected chi connectivity index (χ0v) is 15.7. The van der Waals surface area contributed by atoms with E-state index in [1.54, 1.807) is 19.1 Å². The van der Waals surface area contributed by atoms with Gasteiger partial charge in [-0.15, -0.1) is 0 Å². The molecule has 0 unspecified atom stereocenters. The first-order valence-electron chi connectivity index (χ1n) is 7.87. The van der Waals surface area contributed by atoms with Crippen molar-refractivity contribution >= 4 is 27.3 Å². The fourth-order valence-corrected chi connectivity index (χ4v) is 3.47. The molecule has 0 spiro atoms. The molecular formula is C16H21ClN4O3S. The molecule has 0 amide bonds. The van der Waals surface area contributed by atoms with Gasteiger partial charge in [0.1, 0.15) is 5.02 Å². The number of nitrogens with one attached hydrogen (secondary N) is 1. The van der Waals surface area contributed by atoms with Gasteiger partial charge in [0.25, 0.3) is 5.56 Å². The second-order valence-electron chi connectivity index (χ2n) is 5.46. The molecular weight excluding hydrogens is 364 g/mol. The molecule has 1 heterocycles. The van der Waals surface area contributed by atoms with Gasteiger partial charge in [-0.1, -0.05) is 36.7 Å². The van der Waals surface area contributed by atoms with Crippen LogP contribution in [0.3, 0.4) is 0 Å². The second kappa shape index (κ2) is 8.46. The fraction of sp³-hybridized carbons (Fsp3) is 0.375. The number of rotatable bonds is 8. The van der Waals surface area contributed by atoms with Gasteiger partial charge in [-0.3, -0.25) is 4.79 Å². The van der Waals surface area contributed by atoms with Gasteiger partial charge in [0, 0.05) is 19.6 Å². The number of nitrogens with zero attached hydrogens (tertiary/aromatic N) is 3. The molecule has 2 rings (SSSR count). The van der Waals surface area contributed by atoms with E-state index in [1.807, 2.05) is 18.2 Å². The molecule has 1 aromatic carbocycles. The van der Waals surface area contributed by atoms with Crippen molar-refractivity contribution in [2.45, 2.75) is 13.3 Å². The number of anilines is 1. The largest absolute Gasteiger partial charge is 0.382 e. The Bertz CT molecular complexity index is 869. The van der Waals surface area contributed by atoms with Crippen LogP contribution in [0.15, 0.2) is 41.3 Å². The molecule has 0 aliphatic carbocycles. The van der Waals surface area contributed by atoms with Gasteiger partial charge in [-0.25, -0.2) is 12.7 Å².